The summed E-state index contributed by atoms with van der Waals surface area (Å²) < 4.78 is 0. The average molecular weight is 268 g/mol. The van der Waals surface area contributed by atoms with E-state index in [2.05, 4.69) is 31.4 Å². The Bertz CT molecular complexity index is 255. The average Bonchev–Trinajstić information content (AvgIpc) is 2.41. The number of hydrogen-bond acceptors (Lipinski definition) is 2. The van der Waals surface area contributed by atoms with Crippen LogP contribution in [-0.2, 0) is 4.79 Å². The summed E-state index contributed by atoms with van der Waals surface area (Å²) >= 11 is 0. The van der Waals surface area contributed by atoms with Gasteiger partial charge in [0.25, 0.3) is 0 Å². The Morgan fingerprint density at radius 1 is 1.42 bits per heavy atom. The second-order valence-electron chi connectivity index (χ2n) is 6.10. The monoisotopic (exact) mass is 268 g/mol. The van der Waals surface area contributed by atoms with Crippen LogP contribution in [0.4, 0.5) is 0 Å². The second-order valence-corrected chi connectivity index (χ2v) is 6.10. The molecule has 1 rings (SSSR count). The highest BCUT2D eigenvalue weighted by molar-refractivity contribution is 5.76. The molecule has 3 atom stereocenters. The van der Waals surface area contributed by atoms with Crippen molar-refractivity contribution in [3.8, 4) is 0 Å². The van der Waals surface area contributed by atoms with E-state index in [0.29, 0.717) is 24.3 Å². The van der Waals surface area contributed by atoms with E-state index >= 15 is 0 Å². The topological polar surface area (TPSA) is 41.1 Å². The molecule has 0 spiro atoms. The van der Waals surface area contributed by atoms with Crippen molar-refractivity contribution in [1.82, 2.24) is 10.6 Å². The van der Waals surface area contributed by atoms with Gasteiger partial charge in [-0.1, -0.05) is 40.0 Å². The maximum absolute atomic E-state index is 12.0. The van der Waals surface area contributed by atoms with Gasteiger partial charge in [-0.2, -0.15) is 0 Å². The Morgan fingerprint density at radius 2 is 2.21 bits per heavy atom. The van der Waals surface area contributed by atoms with Gasteiger partial charge in [0.1, 0.15) is 0 Å². The van der Waals surface area contributed by atoms with Gasteiger partial charge in [0.05, 0.1) is 0 Å². The highest BCUT2D eigenvalue weighted by Crippen LogP contribution is 2.18. The molecule has 1 aliphatic rings. The Kier molecular flexibility index (Phi) is 8.11. The third-order valence-corrected chi connectivity index (χ3v) is 4.47. The van der Waals surface area contributed by atoms with Gasteiger partial charge in [-0.05, 0) is 37.6 Å². The molecule has 3 unspecified atom stereocenters. The molecule has 2 N–H and O–H groups in total. The van der Waals surface area contributed by atoms with E-state index in [-0.39, 0.29) is 5.91 Å². The molecular formula is C16H32N2O. The zero-order valence-corrected chi connectivity index (χ0v) is 13.0. The molecule has 0 aromatic heterocycles. The molecule has 0 radical (unpaired) electrons. The van der Waals surface area contributed by atoms with Gasteiger partial charge in [-0.15, -0.1) is 0 Å². The first-order valence-electron chi connectivity index (χ1n) is 8.17. The van der Waals surface area contributed by atoms with Crippen LogP contribution in [0.25, 0.3) is 0 Å². The molecule has 0 saturated carbocycles. The van der Waals surface area contributed by atoms with Crippen LogP contribution in [-0.4, -0.2) is 25.0 Å². The molecule has 19 heavy (non-hydrogen) atoms. The number of rotatable bonds is 8. The smallest absolute Gasteiger partial charge is 0.221 e. The van der Waals surface area contributed by atoms with Crippen molar-refractivity contribution < 1.29 is 4.79 Å². The fourth-order valence-electron chi connectivity index (χ4n) is 2.86. The molecule has 1 aliphatic heterocycles. The third kappa shape index (κ3) is 6.42. The van der Waals surface area contributed by atoms with Crippen LogP contribution in [0.3, 0.4) is 0 Å². The number of carbonyl (C=O) groups excluding carboxylic acids is 1. The summed E-state index contributed by atoms with van der Waals surface area (Å²) in [4.78, 5) is 12.0. The van der Waals surface area contributed by atoms with E-state index in [4.69, 9.17) is 0 Å². The highest BCUT2D eigenvalue weighted by Gasteiger charge is 2.23. The van der Waals surface area contributed by atoms with Gasteiger partial charge < -0.3 is 10.6 Å². The van der Waals surface area contributed by atoms with Crippen molar-refractivity contribution >= 4 is 5.91 Å². The lowest BCUT2D eigenvalue weighted by atomic mass is 9.90. The van der Waals surface area contributed by atoms with Crippen LogP contribution in [0, 0.1) is 11.8 Å². The van der Waals surface area contributed by atoms with Crippen molar-refractivity contribution in [2.45, 2.75) is 71.8 Å². The minimum absolute atomic E-state index is 0.223. The molecule has 3 nitrogen and oxygen atoms in total. The van der Waals surface area contributed by atoms with Gasteiger partial charge in [0.2, 0.25) is 5.91 Å². The number of piperidine rings is 1. The van der Waals surface area contributed by atoms with E-state index in [1.54, 1.807) is 0 Å². The molecule has 0 aliphatic carbocycles. The molecule has 1 fully saturated rings. The van der Waals surface area contributed by atoms with E-state index < -0.39 is 0 Å². The van der Waals surface area contributed by atoms with Crippen LogP contribution in [0.15, 0.2) is 0 Å². The van der Waals surface area contributed by atoms with E-state index in [1.807, 2.05) is 0 Å². The zero-order valence-electron chi connectivity index (χ0n) is 13.0. The summed E-state index contributed by atoms with van der Waals surface area (Å²) in [6.07, 6.45) is 8.06. The van der Waals surface area contributed by atoms with Crippen molar-refractivity contribution in [3.63, 3.8) is 0 Å². The summed E-state index contributed by atoms with van der Waals surface area (Å²) in [5.74, 6) is 1.50. The summed E-state index contributed by atoms with van der Waals surface area (Å²) in [5.41, 5.74) is 0. The normalized spacial score (nSPS) is 25.0. The number of nitrogens with one attached hydrogen (secondary N) is 2. The van der Waals surface area contributed by atoms with Crippen LogP contribution in [0.2, 0.25) is 0 Å². The Balaban J connectivity index is 2.22. The van der Waals surface area contributed by atoms with E-state index in [9.17, 15) is 4.79 Å². The molecule has 0 aromatic carbocycles. The van der Waals surface area contributed by atoms with Crippen molar-refractivity contribution in [1.29, 1.82) is 0 Å². The third-order valence-electron chi connectivity index (χ3n) is 4.47. The standard InChI is InChI=1S/C16H32N2O/c1-4-6-9-14(5-2)12-18-16(19)11-15-13(3)8-7-10-17-15/h13-15,17H,4-12H2,1-3H3,(H,18,19). The molecule has 112 valence electrons. The molecule has 0 bridgehead atoms. The molecule has 3 heteroatoms. The lowest BCUT2D eigenvalue weighted by Crippen LogP contribution is -2.44. The first-order valence-corrected chi connectivity index (χ1v) is 8.17. The maximum Gasteiger partial charge on any atom is 0.221 e. The largest absolute Gasteiger partial charge is 0.356 e. The minimum Gasteiger partial charge on any atom is -0.356 e. The summed E-state index contributed by atoms with van der Waals surface area (Å²) in [6.45, 7) is 8.62. The molecule has 1 heterocycles. The van der Waals surface area contributed by atoms with Gasteiger partial charge in [-0.3, -0.25) is 4.79 Å². The number of carbonyl (C=O) groups is 1. The van der Waals surface area contributed by atoms with Crippen molar-refractivity contribution in [2.24, 2.45) is 11.8 Å². The fourth-order valence-corrected chi connectivity index (χ4v) is 2.86. The van der Waals surface area contributed by atoms with Gasteiger partial charge in [0.15, 0.2) is 0 Å². The molecule has 1 saturated heterocycles. The quantitative estimate of drug-likeness (QED) is 0.710. The van der Waals surface area contributed by atoms with Crippen LogP contribution in [0.5, 0.6) is 0 Å². The maximum atomic E-state index is 12.0. The minimum atomic E-state index is 0.223. The number of unbranched alkanes of at least 4 members (excludes halogenated alkanes) is 1. The zero-order chi connectivity index (χ0) is 14.1. The van der Waals surface area contributed by atoms with Gasteiger partial charge in [0, 0.05) is 19.0 Å². The van der Waals surface area contributed by atoms with Crippen molar-refractivity contribution in [2.75, 3.05) is 13.1 Å². The number of hydrogen-bond donors (Lipinski definition) is 2. The van der Waals surface area contributed by atoms with Gasteiger partial charge in [-0.25, -0.2) is 0 Å². The Hall–Kier alpha value is -0.570. The van der Waals surface area contributed by atoms with Crippen LogP contribution in [0.1, 0.15) is 65.7 Å². The first kappa shape index (κ1) is 16.5. The van der Waals surface area contributed by atoms with Crippen molar-refractivity contribution in [3.05, 3.63) is 0 Å². The summed E-state index contributed by atoms with van der Waals surface area (Å²) in [6, 6.07) is 0.379. The lowest BCUT2D eigenvalue weighted by Gasteiger charge is -2.29. The second kappa shape index (κ2) is 9.35. The van der Waals surface area contributed by atoms with Gasteiger partial charge >= 0.3 is 0 Å². The molecule has 0 aromatic rings. The Morgan fingerprint density at radius 3 is 2.84 bits per heavy atom. The summed E-state index contributed by atoms with van der Waals surface area (Å²) in [5, 5.41) is 6.61. The first-order chi connectivity index (χ1) is 9.17. The fraction of sp³-hybridized carbons (Fsp3) is 0.938. The molecular weight excluding hydrogens is 236 g/mol. The molecule has 1 amide bonds. The van der Waals surface area contributed by atoms with Crippen LogP contribution < -0.4 is 10.6 Å². The SMILES string of the molecule is CCCCC(CC)CNC(=O)CC1NCCCC1C. The number of amides is 1. The Labute approximate surface area is 118 Å². The predicted molar refractivity (Wildman–Crippen MR) is 81.1 cm³/mol. The highest BCUT2D eigenvalue weighted by atomic mass is 16.1. The van der Waals surface area contributed by atoms with E-state index in [1.165, 1.54) is 38.5 Å². The predicted octanol–water partition coefficient (Wildman–Crippen LogP) is 3.10. The van der Waals surface area contributed by atoms with Crippen LogP contribution >= 0.6 is 0 Å². The lowest BCUT2D eigenvalue weighted by molar-refractivity contribution is -0.122. The summed E-state index contributed by atoms with van der Waals surface area (Å²) in [7, 11) is 0. The van der Waals surface area contributed by atoms with E-state index in [0.717, 1.165) is 13.1 Å².